The van der Waals surface area contributed by atoms with Crippen LogP contribution in [0.15, 0.2) is 18.2 Å². The molecule has 15 heavy (non-hydrogen) atoms. The van der Waals surface area contributed by atoms with Gasteiger partial charge in [0.15, 0.2) is 5.78 Å². The Labute approximate surface area is 87.1 Å². The molecule has 2 rings (SSSR count). The zero-order chi connectivity index (χ0) is 11.0. The first kappa shape index (κ1) is 10.3. The zero-order valence-electron chi connectivity index (χ0n) is 8.47. The van der Waals surface area contributed by atoms with Gasteiger partial charge in [0.05, 0.1) is 5.56 Å². The molecule has 1 aliphatic rings. The first-order valence-electron chi connectivity index (χ1n) is 5.13. The van der Waals surface area contributed by atoms with Crippen LogP contribution >= 0.6 is 0 Å². The molecule has 2 atom stereocenters. The average Bonchev–Trinajstić information content (AvgIpc) is 2.96. The van der Waals surface area contributed by atoms with Crippen LogP contribution in [-0.2, 0) is 0 Å². The normalized spacial score (nSPS) is 23.9. The van der Waals surface area contributed by atoms with Crippen molar-refractivity contribution in [2.45, 2.75) is 19.8 Å². The van der Waals surface area contributed by atoms with E-state index in [2.05, 4.69) is 0 Å². The van der Waals surface area contributed by atoms with E-state index in [-0.39, 0.29) is 17.3 Å². The van der Waals surface area contributed by atoms with Gasteiger partial charge < -0.3 is 0 Å². The van der Waals surface area contributed by atoms with Crippen molar-refractivity contribution in [2.75, 3.05) is 0 Å². The fourth-order valence-electron chi connectivity index (χ4n) is 1.94. The highest BCUT2D eigenvalue weighted by molar-refractivity contribution is 6.00. The largest absolute Gasteiger partial charge is 0.294 e. The summed E-state index contributed by atoms with van der Waals surface area (Å²) in [6, 6.07) is 3.52. The summed E-state index contributed by atoms with van der Waals surface area (Å²) in [5.74, 6) is -1.72. The van der Waals surface area contributed by atoms with Gasteiger partial charge in [0.25, 0.3) is 0 Å². The lowest BCUT2D eigenvalue weighted by Gasteiger charge is -2.02. The van der Waals surface area contributed by atoms with Gasteiger partial charge in [0, 0.05) is 5.92 Å². The first-order valence-corrected chi connectivity index (χ1v) is 5.13. The molecule has 0 bridgehead atoms. The molecule has 1 nitrogen and oxygen atoms in total. The molecule has 0 N–H and O–H groups in total. The molecular formula is C12H12F2O. The van der Waals surface area contributed by atoms with Crippen LogP contribution in [0.25, 0.3) is 0 Å². The fourth-order valence-corrected chi connectivity index (χ4v) is 1.94. The number of halogens is 2. The standard InChI is InChI=1S/C12H12F2O/c1-2-7-6-8(7)12(15)11-9(13)4-3-5-10(11)14/h3-5,7-8H,2,6H2,1H3/t7-,8-/m1/s1. The second kappa shape index (κ2) is 3.72. The van der Waals surface area contributed by atoms with Crippen molar-refractivity contribution in [1.29, 1.82) is 0 Å². The molecule has 1 aromatic carbocycles. The highest BCUT2D eigenvalue weighted by atomic mass is 19.1. The highest BCUT2D eigenvalue weighted by Gasteiger charge is 2.43. The average molecular weight is 210 g/mol. The molecule has 0 radical (unpaired) electrons. The van der Waals surface area contributed by atoms with Crippen molar-refractivity contribution in [2.24, 2.45) is 11.8 Å². The molecule has 0 unspecified atom stereocenters. The van der Waals surface area contributed by atoms with Crippen LogP contribution in [0, 0.1) is 23.5 Å². The second-order valence-electron chi connectivity index (χ2n) is 3.97. The third kappa shape index (κ3) is 1.78. The number of Topliss-reactive ketones (excluding diaryl/α,β-unsaturated/α-hetero) is 1. The third-order valence-electron chi connectivity index (χ3n) is 2.99. The van der Waals surface area contributed by atoms with Gasteiger partial charge in [0.2, 0.25) is 0 Å². The van der Waals surface area contributed by atoms with Crippen LogP contribution in [-0.4, -0.2) is 5.78 Å². The van der Waals surface area contributed by atoms with Gasteiger partial charge in [-0.2, -0.15) is 0 Å². The van der Waals surface area contributed by atoms with Gasteiger partial charge in [-0.3, -0.25) is 4.79 Å². The van der Waals surface area contributed by atoms with Crippen LogP contribution in [0.4, 0.5) is 8.78 Å². The van der Waals surface area contributed by atoms with Gasteiger partial charge >= 0.3 is 0 Å². The van der Waals surface area contributed by atoms with E-state index in [9.17, 15) is 13.6 Å². The van der Waals surface area contributed by atoms with E-state index in [0.717, 1.165) is 25.0 Å². The van der Waals surface area contributed by atoms with Crippen LogP contribution in [0.2, 0.25) is 0 Å². The Morgan fingerprint density at radius 3 is 2.47 bits per heavy atom. The van der Waals surface area contributed by atoms with E-state index < -0.39 is 11.6 Å². The molecule has 80 valence electrons. The maximum atomic E-state index is 13.3. The molecule has 3 heteroatoms. The number of hydrogen-bond donors (Lipinski definition) is 0. The van der Waals surface area contributed by atoms with Crippen LogP contribution < -0.4 is 0 Å². The number of carbonyl (C=O) groups excluding carboxylic acids is 1. The molecule has 1 fully saturated rings. The van der Waals surface area contributed by atoms with E-state index in [1.807, 2.05) is 6.92 Å². The highest BCUT2D eigenvalue weighted by Crippen LogP contribution is 2.43. The predicted octanol–water partition coefficient (Wildman–Crippen LogP) is 3.19. The van der Waals surface area contributed by atoms with E-state index in [0.29, 0.717) is 5.92 Å². The smallest absolute Gasteiger partial charge is 0.172 e. The molecule has 0 amide bonds. The van der Waals surface area contributed by atoms with Gasteiger partial charge in [-0.1, -0.05) is 19.4 Å². The lowest BCUT2D eigenvalue weighted by molar-refractivity contribution is 0.0952. The maximum Gasteiger partial charge on any atom is 0.172 e. The van der Waals surface area contributed by atoms with E-state index in [4.69, 9.17) is 0 Å². The van der Waals surface area contributed by atoms with Gasteiger partial charge in [-0.05, 0) is 24.5 Å². The van der Waals surface area contributed by atoms with E-state index >= 15 is 0 Å². The van der Waals surface area contributed by atoms with Crippen molar-refractivity contribution in [1.82, 2.24) is 0 Å². The molecule has 0 aromatic heterocycles. The summed E-state index contributed by atoms with van der Waals surface area (Å²) in [5, 5.41) is 0. The summed E-state index contributed by atoms with van der Waals surface area (Å²) >= 11 is 0. The van der Waals surface area contributed by atoms with Gasteiger partial charge in [0.1, 0.15) is 11.6 Å². The number of rotatable bonds is 3. The van der Waals surface area contributed by atoms with Crippen molar-refractivity contribution in [3.63, 3.8) is 0 Å². The molecule has 0 spiro atoms. The zero-order valence-corrected chi connectivity index (χ0v) is 8.47. The summed E-state index contributed by atoms with van der Waals surface area (Å²) in [5.41, 5.74) is -0.363. The Balaban J connectivity index is 2.27. The summed E-state index contributed by atoms with van der Waals surface area (Å²) in [7, 11) is 0. The Bertz CT molecular complexity index is 380. The monoisotopic (exact) mass is 210 g/mol. The van der Waals surface area contributed by atoms with Crippen LogP contribution in [0.5, 0.6) is 0 Å². The van der Waals surface area contributed by atoms with Crippen molar-refractivity contribution in [3.8, 4) is 0 Å². The molecule has 1 saturated carbocycles. The molecule has 0 saturated heterocycles. The lowest BCUT2D eigenvalue weighted by Crippen LogP contribution is -2.09. The lowest BCUT2D eigenvalue weighted by atomic mass is 10.0. The summed E-state index contributed by atoms with van der Waals surface area (Å²) in [6.07, 6.45) is 1.66. The predicted molar refractivity (Wildman–Crippen MR) is 52.6 cm³/mol. The minimum absolute atomic E-state index is 0.165. The molecule has 0 aliphatic heterocycles. The Kier molecular flexibility index (Phi) is 2.55. The third-order valence-corrected chi connectivity index (χ3v) is 2.99. The van der Waals surface area contributed by atoms with E-state index in [1.165, 1.54) is 6.07 Å². The summed E-state index contributed by atoms with van der Waals surface area (Å²) in [4.78, 5) is 11.7. The van der Waals surface area contributed by atoms with Gasteiger partial charge in [-0.25, -0.2) is 8.78 Å². The van der Waals surface area contributed by atoms with Crippen molar-refractivity contribution < 1.29 is 13.6 Å². The number of carbonyl (C=O) groups is 1. The second-order valence-corrected chi connectivity index (χ2v) is 3.97. The summed E-state index contributed by atoms with van der Waals surface area (Å²) in [6.45, 7) is 1.98. The molecule has 1 aromatic rings. The van der Waals surface area contributed by atoms with Crippen LogP contribution in [0.3, 0.4) is 0 Å². The first-order chi connectivity index (χ1) is 7.15. The topological polar surface area (TPSA) is 17.1 Å². The SMILES string of the molecule is CC[C@@H]1C[C@H]1C(=O)c1c(F)cccc1F. The number of hydrogen-bond acceptors (Lipinski definition) is 1. The van der Waals surface area contributed by atoms with Crippen molar-refractivity contribution in [3.05, 3.63) is 35.4 Å². The molecular weight excluding hydrogens is 198 g/mol. The Morgan fingerprint density at radius 2 is 2.00 bits per heavy atom. The Morgan fingerprint density at radius 1 is 1.40 bits per heavy atom. The maximum absolute atomic E-state index is 13.3. The molecule has 1 aliphatic carbocycles. The quantitative estimate of drug-likeness (QED) is 0.700. The number of benzene rings is 1. The summed E-state index contributed by atoms with van der Waals surface area (Å²) < 4.78 is 26.5. The Hall–Kier alpha value is -1.25. The molecule has 0 heterocycles. The van der Waals surface area contributed by atoms with E-state index in [1.54, 1.807) is 0 Å². The minimum Gasteiger partial charge on any atom is -0.294 e. The van der Waals surface area contributed by atoms with Gasteiger partial charge in [-0.15, -0.1) is 0 Å². The fraction of sp³-hybridized carbons (Fsp3) is 0.417. The number of ketones is 1. The van der Waals surface area contributed by atoms with Crippen molar-refractivity contribution >= 4 is 5.78 Å². The minimum atomic E-state index is -0.748. The van der Waals surface area contributed by atoms with Crippen LogP contribution in [0.1, 0.15) is 30.1 Å².